The van der Waals surface area contributed by atoms with Gasteiger partial charge < -0.3 is 9.84 Å². The van der Waals surface area contributed by atoms with Crippen LogP contribution >= 0.6 is 0 Å². The fourth-order valence-electron chi connectivity index (χ4n) is 0.831. The molecule has 1 N–H and O–H groups in total. The summed E-state index contributed by atoms with van der Waals surface area (Å²) in [7, 11) is 2.52. The van der Waals surface area contributed by atoms with E-state index in [0.29, 0.717) is 0 Å². The Balaban J connectivity index is 0.00000169. The number of aryl methyl sites for hydroxylation is 1. The Bertz CT molecular complexity index is 362. The van der Waals surface area contributed by atoms with Crippen LogP contribution in [0.3, 0.4) is 0 Å². The van der Waals surface area contributed by atoms with Gasteiger partial charge in [0, 0.05) is 7.05 Å². The number of hydrogen-bond acceptors (Lipinski definition) is 5. The van der Waals surface area contributed by atoms with Gasteiger partial charge in [-0.15, -0.1) is 5.10 Å². The molecule has 0 radical (unpaired) electrons. The molecule has 8 heteroatoms. The number of carbonyl (C=O) groups excluding carboxylic acids is 1. The monoisotopic (exact) mass is 193 g/mol. The van der Waals surface area contributed by atoms with E-state index in [1.807, 2.05) is 0 Å². The van der Waals surface area contributed by atoms with Crippen LogP contribution in [0.2, 0.25) is 0 Å². The Morgan fingerprint density at radius 3 is 2.50 bits per heavy atom. The van der Waals surface area contributed by atoms with Gasteiger partial charge >= 0.3 is 30.8 Å². The van der Waals surface area contributed by atoms with Crippen LogP contribution in [0, 0.1) is 0 Å². The first-order valence-electron chi connectivity index (χ1n) is 3.29. The number of ether oxygens (including phenoxy) is 1. The summed E-state index contributed by atoms with van der Waals surface area (Å²) in [4.78, 5) is 21.6. The van der Waals surface area contributed by atoms with E-state index in [0.717, 1.165) is 11.8 Å². The van der Waals surface area contributed by atoms with E-state index in [1.54, 1.807) is 0 Å². The quantitative estimate of drug-likeness (QED) is 0.461. The molecule has 1 aromatic heterocycles. The zero-order valence-corrected chi connectivity index (χ0v) is 7.01. The van der Waals surface area contributed by atoms with Gasteiger partial charge in [-0.3, -0.25) is 0 Å². The van der Waals surface area contributed by atoms with E-state index >= 15 is 0 Å². The number of carbonyl (C=O) groups is 2. The van der Waals surface area contributed by atoms with Crippen molar-refractivity contribution in [1.29, 1.82) is 0 Å². The molecule has 1 aromatic rings. The summed E-state index contributed by atoms with van der Waals surface area (Å²) in [6.45, 7) is 0. The summed E-state index contributed by atoms with van der Waals surface area (Å²) < 4.78 is 5.32. The maximum absolute atomic E-state index is 11.0. The van der Waals surface area contributed by atoms with Crippen LogP contribution in [-0.4, -0.2) is 58.0 Å². The normalized spacial score (nSPS) is 9.00. The van der Waals surface area contributed by atoms with Gasteiger partial charge in [0.25, 0.3) is 0 Å². The van der Waals surface area contributed by atoms with Gasteiger partial charge in [-0.2, -0.15) is 0 Å². The summed E-state index contributed by atoms with van der Waals surface area (Å²) in [5, 5.41) is 15.4. The molecule has 0 aliphatic carbocycles. The van der Waals surface area contributed by atoms with Crippen LogP contribution in [-0.2, 0) is 11.8 Å². The maximum atomic E-state index is 11.0. The summed E-state index contributed by atoms with van der Waals surface area (Å²) in [6.07, 6.45) is 0. The molecule has 1 heterocycles. The van der Waals surface area contributed by atoms with Crippen molar-refractivity contribution in [3.63, 3.8) is 0 Å². The van der Waals surface area contributed by atoms with Gasteiger partial charge in [-0.05, 0) is 0 Å². The molecule has 0 saturated carbocycles. The minimum atomic E-state index is -1.27. The van der Waals surface area contributed by atoms with Gasteiger partial charge in [-0.25, -0.2) is 14.3 Å². The van der Waals surface area contributed by atoms with Crippen molar-refractivity contribution >= 4 is 30.8 Å². The zero-order valence-electron chi connectivity index (χ0n) is 7.01. The predicted molar refractivity (Wildman–Crippen MR) is 46.5 cm³/mol. The molecule has 0 unspecified atom stereocenters. The van der Waals surface area contributed by atoms with E-state index in [2.05, 4.69) is 15.0 Å². The Hall–Kier alpha value is -1.32. The molecule has 0 bridgehead atoms. The molecule has 0 aliphatic rings. The van der Waals surface area contributed by atoms with Gasteiger partial charge in [0.15, 0.2) is 5.69 Å². The first-order valence-corrected chi connectivity index (χ1v) is 3.29. The van der Waals surface area contributed by atoms with E-state index in [-0.39, 0.29) is 30.2 Å². The molecule has 7 nitrogen and oxygen atoms in total. The third-order valence-electron chi connectivity index (χ3n) is 1.41. The van der Waals surface area contributed by atoms with E-state index < -0.39 is 11.9 Å². The topological polar surface area (TPSA) is 94.3 Å². The van der Waals surface area contributed by atoms with Crippen molar-refractivity contribution in [2.75, 3.05) is 7.11 Å². The summed E-state index contributed by atoms with van der Waals surface area (Å²) in [5.41, 5.74) is -0.579. The Kier molecular flexibility index (Phi) is 4.33. The van der Waals surface area contributed by atoms with Gasteiger partial charge in [0.2, 0.25) is 5.69 Å². The van der Waals surface area contributed by atoms with Crippen LogP contribution < -0.4 is 0 Å². The zero-order chi connectivity index (χ0) is 10.0. The molecule has 72 valence electrons. The van der Waals surface area contributed by atoms with Crippen molar-refractivity contribution in [2.24, 2.45) is 7.05 Å². The second-order valence-corrected chi connectivity index (χ2v) is 2.21. The second-order valence-electron chi connectivity index (χ2n) is 2.21. The Morgan fingerprint density at radius 2 is 2.07 bits per heavy atom. The van der Waals surface area contributed by atoms with E-state index in [1.165, 1.54) is 7.05 Å². The third kappa shape index (κ3) is 2.13. The Labute approximate surface area is 91.2 Å². The van der Waals surface area contributed by atoms with E-state index in [9.17, 15) is 9.59 Å². The van der Waals surface area contributed by atoms with Crippen LogP contribution in [0.4, 0.5) is 0 Å². The minimum absolute atomic E-state index is 0. The van der Waals surface area contributed by atoms with Crippen LogP contribution in [0.25, 0.3) is 0 Å². The van der Waals surface area contributed by atoms with Crippen molar-refractivity contribution in [2.45, 2.75) is 0 Å². The number of esters is 1. The van der Waals surface area contributed by atoms with Crippen LogP contribution in [0.15, 0.2) is 0 Å². The number of nitrogens with zero attached hydrogens (tertiary/aromatic N) is 3. The van der Waals surface area contributed by atoms with E-state index in [4.69, 9.17) is 5.11 Å². The average molecular weight is 193 g/mol. The molecule has 0 saturated heterocycles. The molecule has 0 aliphatic heterocycles. The molecule has 0 atom stereocenters. The van der Waals surface area contributed by atoms with Crippen LogP contribution in [0.1, 0.15) is 21.0 Å². The van der Waals surface area contributed by atoms with Crippen LogP contribution in [0.5, 0.6) is 0 Å². The van der Waals surface area contributed by atoms with Crippen molar-refractivity contribution in [3.8, 4) is 0 Å². The number of aromatic carboxylic acids is 1. The number of rotatable bonds is 2. The number of methoxy groups -OCH3 is 1. The van der Waals surface area contributed by atoms with Gasteiger partial charge in [-0.1, -0.05) is 5.21 Å². The SMILES string of the molecule is COC(=O)c1nnn(C)c1C(=O)O.[LiH]. The number of hydrogen-bond donors (Lipinski definition) is 1. The average Bonchev–Trinajstić information content (AvgIpc) is 2.45. The molecule has 1 rings (SSSR count). The first-order chi connectivity index (χ1) is 6.07. The summed E-state index contributed by atoms with van der Waals surface area (Å²) in [5.74, 6) is -2.08. The molecule has 0 fully saturated rings. The summed E-state index contributed by atoms with van der Waals surface area (Å²) >= 11 is 0. The molecule has 14 heavy (non-hydrogen) atoms. The molecular formula is C6H8LiN3O4. The number of carboxylic acids is 1. The molecule has 0 amide bonds. The molecule has 0 spiro atoms. The predicted octanol–water partition coefficient (Wildman–Crippen LogP) is -1.35. The third-order valence-corrected chi connectivity index (χ3v) is 1.41. The fraction of sp³-hybridized carbons (Fsp3) is 0.333. The Morgan fingerprint density at radius 1 is 1.50 bits per heavy atom. The molecular weight excluding hydrogens is 185 g/mol. The summed E-state index contributed by atoms with van der Waals surface area (Å²) in [6, 6.07) is 0. The number of aromatic nitrogens is 3. The standard InChI is InChI=1S/C6H7N3O4.Li.H/c1-9-4(5(10)11)3(7-8-9)6(12)13-2;;/h1-2H3,(H,10,11);;. The van der Waals surface area contributed by atoms with Crippen molar-refractivity contribution in [3.05, 3.63) is 11.4 Å². The van der Waals surface area contributed by atoms with Crippen molar-refractivity contribution in [1.82, 2.24) is 15.0 Å². The first kappa shape index (κ1) is 12.7. The number of carboxylic acid groups (broad SMARTS) is 1. The van der Waals surface area contributed by atoms with Crippen molar-refractivity contribution < 1.29 is 19.4 Å². The second kappa shape index (κ2) is 4.79. The molecule has 0 aromatic carbocycles. The fourth-order valence-corrected chi connectivity index (χ4v) is 0.831. The van der Waals surface area contributed by atoms with Gasteiger partial charge in [0.05, 0.1) is 7.11 Å². The van der Waals surface area contributed by atoms with Gasteiger partial charge in [0.1, 0.15) is 0 Å².